The summed E-state index contributed by atoms with van der Waals surface area (Å²) < 4.78 is 12.5. The molecule has 4 rings (SSSR count). The third-order valence-corrected chi connectivity index (χ3v) is 5.90. The number of nitrogens with one attached hydrogen (secondary N) is 1. The summed E-state index contributed by atoms with van der Waals surface area (Å²) in [6.07, 6.45) is 1.10. The number of carbonyl (C=O) groups excluding carboxylic acids is 1. The van der Waals surface area contributed by atoms with Gasteiger partial charge < -0.3 is 20.2 Å². The molecular formula is C23H24N4O4. The molecule has 0 aliphatic carbocycles. The minimum absolute atomic E-state index is 0.224. The number of benzene rings is 2. The van der Waals surface area contributed by atoms with E-state index in [1.165, 1.54) is 4.57 Å². The zero-order valence-electron chi connectivity index (χ0n) is 17.3. The maximum atomic E-state index is 12.3. The van der Waals surface area contributed by atoms with Gasteiger partial charge in [0.1, 0.15) is 0 Å². The van der Waals surface area contributed by atoms with Crippen molar-refractivity contribution in [3.8, 4) is 17.2 Å². The van der Waals surface area contributed by atoms with E-state index in [0.29, 0.717) is 25.2 Å². The summed E-state index contributed by atoms with van der Waals surface area (Å²) in [7, 11) is 1.67. The highest BCUT2D eigenvalue weighted by Gasteiger charge is 2.46. The summed E-state index contributed by atoms with van der Waals surface area (Å²) in [5, 5.41) is 13.0. The molecular weight excluding hydrogens is 396 g/mol. The quantitative estimate of drug-likeness (QED) is 0.648. The van der Waals surface area contributed by atoms with Crippen LogP contribution >= 0.6 is 0 Å². The molecule has 0 bridgehead atoms. The molecule has 0 spiro atoms. The fourth-order valence-electron chi connectivity index (χ4n) is 4.02. The number of primary amides is 1. The second-order valence-electron chi connectivity index (χ2n) is 7.82. The van der Waals surface area contributed by atoms with Gasteiger partial charge in [0, 0.05) is 20.2 Å². The van der Waals surface area contributed by atoms with Gasteiger partial charge in [0.25, 0.3) is 5.91 Å². The highest BCUT2D eigenvalue weighted by atomic mass is 16.5. The molecule has 1 aromatic heterocycles. The largest absolute Gasteiger partial charge is 0.419 e. The van der Waals surface area contributed by atoms with Gasteiger partial charge in [0.05, 0.1) is 17.5 Å². The van der Waals surface area contributed by atoms with E-state index in [1.807, 2.05) is 36.4 Å². The smallest absolute Gasteiger partial charge is 0.408 e. The third-order valence-electron chi connectivity index (χ3n) is 5.90. The maximum Gasteiger partial charge on any atom is 0.419 e. The second kappa shape index (κ2) is 8.38. The number of rotatable bonds is 5. The summed E-state index contributed by atoms with van der Waals surface area (Å²) in [5.41, 5.74) is 8.40. The van der Waals surface area contributed by atoms with E-state index < -0.39 is 23.2 Å². The van der Waals surface area contributed by atoms with Gasteiger partial charge in [-0.2, -0.15) is 5.26 Å². The van der Waals surface area contributed by atoms with Crippen molar-refractivity contribution >= 4 is 17.0 Å². The SMILES string of the molecule is Cn1c(=O)oc2ccc(-c3ccc(C[C@@H](C#N)C4(C(N)=O)CNCCCO4)cc3)cc21. The summed E-state index contributed by atoms with van der Waals surface area (Å²) in [5.74, 6) is -1.73. The van der Waals surface area contributed by atoms with Gasteiger partial charge in [0.15, 0.2) is 11.2 Å². The number of oxazole rings is 1. The fourth-order valence-corrected chi connectivity index (χ4v) is 4.02. The first-order valence-corrected chi connectivity index (χ1v) is 10.2. The Bertz CT molecular complexity index is 1200. The van der Waals surface area contributed by atoms with Crippen LogP contribution in [0.5, 0.6) is 0 Å². The van der Waals surface area contributed by atoms with Crippen LogP contribution in [0.3, 0.4) is 0 Å². The topological polar surface area (TPSA) is 123 Å². The van der Waals surface area contributed by atoms with E-state index in [-0.39, 0.29) is 6.54 Å². The number of carbonyl (C=O) groups is 1. The molecule has 3 N–H and O–H groups in total. The van der Waals surface area contributed by atoms with Gasteiger partial charge in [-0.25, -0.2) is 4.79 Å². The van der Waals surface area contributed by atoms with Gasteiger partial charge in [-0.3, -0.25) is 9.36 Å². The number of hydrogen-bond acceptors (Lipinski definition) is 6. The van der Waals surface area contributed by atoms with E-state index in [2.05, 4.69) is 11.4 Å². The molecule has 3 aromatic rings. The van der Waals surface area contributed by atoms with E-state index in [9.17, 15) is 14.9 Å². The van der Waals surface area contributed by atoms with Crippen LogP contribution in [-0.2, 0) is 23.0 Å². The first-order valence-electron chi connectivity index (χ1n) is 10.2. The van der Waals surface area contributed by atoms with E-state index in [1.54, 1.807) is 13.1 Å². The van der Waals surface area contributed by atoms with Crippen molar-refractivity contribution < 1.29 is 13.9 Å². The van der Waals surface area contributed by atoms with Crippen molar-refractivity contribution in [1.29, 1.82) is 5.26 Å². The minimum Gasteiger partial charge on any atom is -0.408 e. The van der Waals surface area contributed by atoms with Gasteiger partial charge >= 0.3 is 5.76 Å². The van der Waals surface area contributed by atoms with Crippen molar-refractivity contribution in [3.63, 3.8) is 0 Å². The Labute approximate surface area is 179 Å². The highest BCUT2D eigenvalue weighted by Crippen LogP contribution is 2.29. The standard InChI is InChI=1S/C23H24N4O4/c1-27-19-12-17(7-8-20(19)31-22(27)29)16-5-3-15(4-6-16)11-18(13-24)23(21(25)28)14-26-9-2-10-30-23/h3-8,12,18,26H,2,9-11,14H2,1H3,(H2,25,28)/t18-,23?/m0/s1. The first kappa shape index (κ1) is 20.8. The van der Waals surface area contributed by atoms with Crippen LogP contribution in [-0.4, -0.2) is 35.8 Å². The molecule has 160 valence electrons. The summed E-state index contributed by atoms with van der Waals surface area (Å²) in [4.78, 5) is 24.0. The molecule has 0 saturated carbocycles. The number of nitrogens with two attached hydrogens (primary N) is 1. The van der Waals surface area contributed by atoms with Crippen molar-refractivity contribution in [2.75, 3.05) is 19.7 Å². The van der Waals surface area contributed by atoms with Crippen LogP contribution in [0.25, 0.3) is 22.2 Å². The minimum atomic E-state index is -1.35. The van der Waals surface area contributed by atoms with Crippen LogP contribution in [0.4, 0.5) is 0 Å². The molecule has 1 saturated heterocycles. The lowest BCUT2D eigenvalue weighted by Gasteiger charge is -2.33. The molecule has 1 fully saturated rings. The lowest BCUT2D eigenvalue weighted by atomic mass is 9.82. The zero-order chi connectivity index (χ0) is 22.0. The van der Waals surface area contributed by atoms with E-state index in [0.717, 1.165) is 28.6 Å². The van der Waals surface area contributed by atoms with Crippen molar-refractivity contribution in [1.82, 2.24) is 9.88 Å². The number of nitrogens with zero attached hydrogens (tertiary/aromatic N) is 2. The molecule has 31 heavy (non-hydrogen) atoms. The van der Waals surface area contributed by atoms with Gasteiger partial charge in [-0.1, -0.05) is 30.3 Å². The van der Waals surface area contributed by atoms with Crippen LogP contribution in [0.1, 0.15) is 12.0 Å². The monoisotopic (exact) mass is 420 g/mol. The Balaban J connectivity index is 1.59. The van der Waals surface area contributed by atoms with Crippen molar-refractivity contribution in [2.45, 2.75) is 18.4 Å². The van der Waals surface area contributed by atoms with Gasteiger partial charge in [0.2, 0.25) is 0 Å². The number of amides is 1. The Morgan fingerprint density at radius 3 is 2.74 bits per heavy atom. The third kappa shape index (κ3) is 3.85. The molecule has 1 unspecified atom stereocenters. The van der Waals surface area contributed by atoms with Crippen molar-refractivity contribution in [3.05, 3.63) is 58.6 Å². The van der Waals surface area contributed by atoms with Crippen LogP contribution in [0, 0.1) is 17.2 Å². The maximum absolute atomic E-state index is 12.3. The Morgan fingerprint density at radius 2 is 2.03 bits per heavy atom. The number of aromatic nitrogens is 1. The molecule has 2 aromatic carbocycles. The highest BCUT2D eigenvalue weighted by molar-refractivity contribution is 5.85. The average molecular weight is 420 g/mol. The lowest BCUT2D eigenvalue weighted by Crippen LogP contribution is -2.57. The molecule has 1 aliphatic rings. The number of nitriles is 1. The number of aryl methyl sites for hydroxylation is 1. The van der Waals surface area contributed by atoms with E-state index in [4.69, 9.17) is 14.9 Å². The second-order valence-corrected chi connectivity index (χ2v) is 7.82. The Hall–Kier alpha value is -3.41. The first-order chi connectivity index (χ1) is 14.9. The Kier molecular flexibility index (Phi) is 5.63. The molecule has 1 aliphatic heterocycles. The van der Waals surface area contributed by atoms with Gasteiger partial charge in [-0.15, -0.1) is 0 Å². The Morgan fingerprint density at radius 1 is 1.29 bits per heavy atom. The predicted molar refractivity (Wildman–Crippen MR) is 115 cm³/mol. The molecule has 8 nitrogen and oxygen atoms in total. The van der Waals surface area contributed by atoms with Crippen LogP contribution in [0.15, 0.2) is 51.7 Å². The summed E-state index contributed by atoms with van der Waals surface area (Å²) in [6, 6.07) is 15.6. The number of fused-ring (bicyclic) bond motifs is 1. The number of ether oxygens (including phenoxy) is 1. The predicted octanol–water partition coefficient (Wildman–Crippen LogP) is 1.71. The molecule has 1 amide bonds. The molecule has 8 heteroatoms. The molecule has 2 heterocycles. The summed E-state index contributed by atoms with van der Waals surface area (Å²) >= 11 is 0. The van der Waals surface area contributed by atoms with Crippen molar-refractivity contribution in [2.24, 2.45) is 18.7 Å². The van der Waals surface area contributed by atoms with Gasteiger partial charge in [-0.05, 0) is 48.2 Å². The average Bonchev–Trinajstić information content (AvgIpc) is 2.95. The molecule has 2 atom stereocenters. The number of hydrogen-bond donors (Lipinski definition) is 2. The summed E-state index contributed by atoms with van der Waals surface area (Å²) in [6.45, 7) is 1.32. The lowest BCUT2D eigenvalue weighted by molar-refractivity contribution is -0.147. The van der Waals surface area contributed by atoms with Crippen LogP contribution in [0.2, 0.25) is 0 Å². The van der Waals surface area contributed by atoms with E-state index >= 15 is 0 Å². The normalized spacial score (nSPS) is 20.1. The zero-order valence-corrected chi connectivity index (χ0v) is 17.3. The fraction of sp³-hybridized carbons (Fsp3) is 0.348. The van der Waals surface area contributed by atoms with Crippen LogP contribution < -0.4 is 16.8 Å². The molecule has 0 radical (unpaired) electrons.